The zero-order valence-electron chi connectivity index (χ0n) is 10.5. The van der Waals surface area contributed by atoms with Crippen LogP contribution in [0.5, 0.6) is 0 Å². The van der Waals surface area contributed by atoms with Crippen LogP contribution in [0.3, 0.4) is 0 Å². The van der Waals surface area contributed by atoms with Gasteiger partial charge in [-0.1, -0.05) is 45.1 Å². The van der Waals surface area contributed by atoms with E-state index in [-0.39, 0.29) is 0 Å². The molecule has 0 aromatic rings. The van der Waals surface area contributed by atoms with Crippen LogP contribution in [-0.4, -0.2) is 11.1 Å². The number of rotatable bonds is 3. The third kappa shape index (κ3) is 3.99. The Bertz CT molecular complexity index is 255. The lowest BCUT2D eigenvalue weighted by Crippen LogP contribution is -2.15. The average molecular weight is 224 g/mol. The largest absolute Gasteiger partial charge is 0.478 e. The Labute approximate surface area is 98.7 Å². The number of aliphatic carboxylic acids is 1. The van der Waals surface area contributed by atoms with Crippen molar-refractivity contribution in [2.24, 2.45) is 11.8 Å². The van der Waals surface area contributed by atoms with Crippen LogP contribution in [-0.2, 0) is 4.79 Å². The van der Waals surface area contributed by atoms with Gasteiger partial charge in [0.15, 0.2) is 0 Å². The molecule has 1 aliphatic rings. The number of carbonyl (C=O) groups is 1. The first-order chi connectivity index (χ1) is 7.65. The predicted octanol–water partition coefficient (Wildman–Crippen LogP) is 4.01. The topological polar surface area (TPSA) is 37.3 Å². The van der Waals surface area contributed by atoms with Gasteiger partial charge in [-0.3, -0.25) is 0 Å². The van der Waals surface area contributed by atoms with Gasteiger partial charge in [0.25, 0.3) is 0 Å². The van der Waals surface area contributed by atoms with E-state index in [0.29, 0.717) is 17.4 Å². The molecule has 2 atom stereocenters. The first kappa shape index (κ1) is 13.3. The van der Waals surface area contributed by atoms with E-state index in [1.165, 1.54) is 44.9 Å². The predicted molar refractivity (Wildman–Crippen MR) is 66.4 cm³/mol. The van der Waals surface area contributed by atoms with Crippen molar-refractivity contribution in [2.75, 3.05) is 0 Å². The molecule has 0 heterocycles. The molecular formula is C14H24O2. The molecule has 0 bridgehead atoms. The highest BCUT2D eigenvalue weighted by molar-refractivity contribution is 5.85. The maximum atomic E-state index is 10.9. The van der Waals surface area contributed by atoms with E-state index in [4.69, 9.17) is 5.11 Å². The fraction of sp³-hybridized carbons (Fsp3) is 0.786. The average Bonchev–Trinajstić information content (AvgIpc) is 2.22. The minimum atomic E-state index is -0.767. The highest BCUT2D eigenvalue weighted by Gasteiger charge is 2.20. The quantitative estimate of drug-likeness (QED) is 0.735. The molecule has 2 nitrogen and oxygen atoms in total. The summed E-state index contributed by atoms with van der Waals surface area (Å²) in [7, 11) is 0. The number of carboxylic acid groups (broad SMARTS) is 1. The zero-order chi connectivity index (χ0) is 12.0. The third-order valence-electron chi connectivity index (χ3n) is 3.79. The summed E-state index contributed by atoms with van der Waals surface area (Å²) in [5, 5.41) is 8.93. The number of carboxylic acids is 1. The summed E-state index contributed by atoms with van der Waals surface area (Å²) in [6, 6.07) is 0. The van der Waals surface area contributed by atoms with E-state index >= 15 is 0 Å². The first-order valence-corrected chi connectivity index (χ1v) is 6.56. The lowest BCUT2D eigenvalue weighted by molar-refractivity contribution is -0.132. The molecule has 0 spiro atoms. The first-order valence-electron chi connectivity index (χ1n) is 6.56. The van der Waals surface area contributed by atoms with Gasteiger partial charge in [0, 0.05) is 5.57 Å². The maximum Gasteiger partial charge on any atom is 0.330 e. The Morgan fingerprint density at radius 3 is 2.44 bits per heavy atom. The molecule has 0 saturated heterocycles. The minimum absolute atomic E-state index is 0.487. The molecule has 0 aromatic carbocycles. The molecule has 1 N–H and O–H groups in total. The molecule has 1 aliphatic carbocycles. The molecule has 1 fully saturated rings. The Morgan fingerprint density at radius 1 is 1.25 bits per heavy atom. The molecule has 2 unspecified atom stereocenters. The molecule has 0 radical (unpaired) electrons. The molecule has 16 heavy (non-hydrogen) atoms. The SMILES string of the molecule is CCC1CCCCCCC1/C=C(\C)C(=O)O. The van der Waals surface area contributed by atoms with Crippen LogP contribution < -0.4 is 0 Å². The van der Waals surface area contributed by atoms with Crippen LogP contribution in [0.2, 0.25) is 0 Å². The summed E-state index contributed by atoms with van der Waals surface area (Å²) < 4.78 is 0. The van der Waals surface area contributed by atoms with Crippen molar-refractivity contribution in [2.45, 2.75) is 58.8 Å². The Balaban J connectivity index is 2.70. The smallest absolute Gasteiger partial charge is 0.330 e. The molecule has 1 saturated carbocycles. The number of hydrogen-bond donors (Lipinski definition) is 1. The van der Waals surface area contributed by atoms with Gasteiger partial charge in [-0.2, -0.15) is 0 Å². The number of allylic oxidation sites excluding steroid dienone is 1. The second-order valence-electron chi connectivity index (χ2n) is 4.98. The lowest BCUT2D eigenvalue weighted by atomic mass is 9.79. The standard InChI is InChI=1S/C14H24O2/c1-3-12-8-6-4-5-7-9-13(12)10-11(2)14(15)16/h10,12-13H,3-9H2,1-2H3,(H,15,16)/b11-10+. The van der Waals surface area contributed by atoms with Gasteiger partial charge in [-0.05, 0) is 31.6 Å². The van der Waals surface area contributed by atoms with Gasteiger partial charge in [-0.25, -0.2) is 4.79 Å². The van der Waals surface area contributed by atoms with E-state index in [1.807, 2.05) is 6.08 Å². The highest BCUT2D eigenvalue weighted by Crippen LogP contribution is 2.31. The Hall–Kier alpha value is -0.790. The van der Waals surface area contributed by atoms with Gasteiger partial charge in [-0.15, -0.1) is 0 Å². The van der Waals surface area contributed by atoms with Crippen LogP contribution in [0.25, 0.3) is 0 Å². The van der Waals surface area contributed by atoms with Crippen LogP contribution in [0.4, 0.5) is 0 Å². The molecule has 2 heteroatoms. The summed E-state index contributed by atoms with van der Waals surface area (Å²) in [4.78, 5) is 10.9. The van der Waals surface area contributed by atoms with Gasteiger partial charge in [0.2, 0.25) is 0 Å². The van der Waals surface area contributed by atoms with E-state index < -0.39 is 5.97 Å². The summed E-state index contributed by atoms with van der Waals surface area (Å²) in [5.41, 5.74) is 0.518. The van der Waals surface area contributed by atoms with Gasteiger partial charge in [0.1, 0.15) is 0 Å². The van der Waals surface area contributed by atoms with E-state index in [0.717, 1.165) is 0 Å². The second-order valence-corrected chi connectivity index (χ2v) is 4.98. The van der Waals surface area contributed by atoms with Crippen LogP contribution in [0.1, 0.15) is 58.8 Å². The van der Waals surface area contributed by atoms with Crippen molar-refractivity contribution in [1.82, 2.24) is 0 Å². The van der Waals surface area contributed by atoms with Crippen molar-refractivity contribution in [1.29, 1.82) is 0 Å². The highest BCUT2D eigenvalue weighted by atomic mass is 16.4. The molecule has 0 aliphatic heterocycles. The van der Waals surface area contributed by atoms with E-state index in [9.17, 15) is 4.79 Å². The summed E-state index contributed by atoms with van der Waals surface area (Å²) in [5.74, 6) is 0.410. The number of hydrogen-bond acceptors (Lipinski definition) is 1. The molecule has 92 valence electrons. The molecular weight excluding hydrogens is 200 g/mol. The zero-order valence-corrected chi connectivity index (χ0v) is 10.5. The summed E-state index contributed by atoms with van der Waals surface area (Å²) in [6.07, 6.45) is 10.8. The molecule has 1 rings (SSSR count). The van der Waals surface area contributed by atoms with Gasteiger partial charge in [0.05, 0.1) is 0 Å². The maximum absolute atomic E-state index is 10.9. The fourth-order valence-electron chi connectivity index (χ4n) is 2.71. The van der Waals surface area contributed by atoms with Crippen molar-refractivity contribution >= 4 is 5.97 Å². The Kier molecular flexibility index (Phi) is 5.58. The third-order valence-corrected chi connectivity index (χ3v) is 3.79. The Morgan fingerprint density at radius 2 is 1.88 bits per heavy atom. The minimum Gasteiger partial charge on any atom is -0.478 e. The van der Waals surface area contributed by atoms with Crippen LogP contribution in [0, 0.1) is 11.8 Å². The summed E-state index contributed by atoms with van der Waals surface area (Å²) in [6.45, 7) is 3.94. The van der Waals surface area contributed by atoms with Crippen molar-refractivity contribution < 1.29 is 9.90 Å². The van der Waals surface area contributed by atoms with Gasteiger partial charge >= 0.3 is 5.97 Å². The second kappa shape index (κ2) is 6.72. The molecule has 0 aromatic heterocycles. The van der Waals surface area contributed by atoms with Crippen molar-refractivity contribution in [3.63, 3.8) is 0 Å². The lowest BCUT2D eigenvalue weighted by Gasteiger charge is -2.26. The van der Waals surface area contributed by atoms with E-state index in [1.54, 1.807) is 6.92 Å². The van der Waals surface area contributed by atoms with E-state index in [2.05, 4.69) is 6.92 Å². The van der Waals surface area contributed by atoms with Crippen molar-refractivity contribution in [3.05, 3.63) is 11.6 Å². The molecule has 0 amide bonds. The monoisotopic (exact) mass is 224 g/mol. The fourth-order valence-corrected chi connectivity index (χ4v) is 2.71. The summed E-state index contributed by atoms with van der Waals surface area (Å²) >= 11 is 0. The van der Waals surface area contributed by atoms with Crippen LogP contribution >= 0.6 is 0 Å². The van der Waals surface area contributed by atoms with Crippen molar-refractivity contribution in [3.8, 4) is 0 Å². The van der Waals surface area contributed by atoms with Crippen LogP contribution in [0.15, 0.2) is 11.6 Å². The van der Waals surface area contributed by atoms with Gasteiger partial charge < -0.3 is 5.11 Å². The normalized spacial score (nSPS) is 28.2.